The van der Waals surface area contributed by atoms with Crippen molar-refractivity contribution in [3.63, 3.8) is 0 Å². The van der Waals surface area contributed by atoms with E-state index in [1.807, 2.05) is 6.92 Å². The normalized spacial score (nSPS) is 44.3. The zero-order valence-electron chi connectivity index (χ0n) is 21.1. The average molecular weight is 467 g/mol. The summed E-state index contributed by atoms with van der Waals surface area (Å²) < 4.78 is 18.2. The first-order chi connectivity index (χ1) is 15.3. The quantitative estimate of drug-likeness (QED) is 0.324. The second kappa shape index (κ2) is 9.78. The Morgan fingerprint density at radius 2 is 1.91 bits per heavy atom. The predicted molar refractivity (Wildman–Crippen MR) is 124 cm³/mol. The molecule has 0 aromatic carbocycles. The van der Waals surface area contributed by atoms with Crippen molar-refractivity contribution in [2.45, 2.75) is 117 Å². The van der Waals surface area contributed by atoms with E-state index < -0.39 is 48.4 Å². The highest BCUT2D eigenvalue weighted by atomic mass is 16.7. The van der Waals surface area contributed by atoms with Gasteiger partial charge in [0.25, 0.3) is 0 Å². The lowest BCUT2D eigenvalue weighted by molar-refractivity contribution is -0.338. The zero-order valence-corrected chi connectivity index (χ0v) is 21.1. The standard InChI is InChI=1S/C26H42O7/c1-8-15(4)23(30)32-22-21(29)20(28)16(5)31-24(22)33-26(7)12-10-19(27)25(6)11-9-17(14(2)3)13-18(25)26/h8-9,14,16,18-22,24,27-29H,10-13H2,1-7H3/b15-8-/t16-,18+,19+,20-,21+,22+,24+,25-,26-/m1/s1. The highest BCUT2D eigenvalue weighted by Crippen LogP contribution is 2.56. The van der Waals surface area contributed by atoms with Crippen LogP contribution < -0.4 is 0 Å². The monoisotopic (exact) mass is 466 g/mol. The SMILES string of the molecule is C/C=C(/C)C(=O)O[C@@H]1[C@H](O[C@]2(C)CC[C@H](O)[C@]3(C)CC=C(C(C)C)C[C@@H]32)O[C@H](C)[C@@H](O)[C@@H]1O. The molecule has 0 amide bonds. The minimum atomic E-state index is -1.34. The molecule has 1 saturated carbocycles. The summed E-state index contributed by atoms with van der Waals surface area (Å²) in [6, 6.07) is 0. The maximum Gasteiger partial charge on any atom is 0.333 e. The van der Waals surface area contributed by atoms with Gasteiger partial charge in [-0.3, -0.25) is 0 Å². The molecule has 7 heteroatoms. The summed E-state index contributed by atoms with van der Waals surface area (Å²) in [7, 11) is 0. The van der Waals surface area contributed by atoms with E-state index in [1.165, 1.54) is 5.57 Å². The fourth-order valence-corrected chi connectivity index (χ4v) is 5.69. The van der Waals surface area contributed by atoms with Crippen LogP contribution in [0.5, 0.6) is 0 Å². The molecule has 0 aromatic heterocycles. The van der Waals surface area contributed by atoms with E-state index in [1.54, 1.807) is 26.8 Å². The smallest absolute Gasteiger partial charge is 0.333 e. The Bertz CT molecular complexity index is 790. The van der Waals surface area contributed by atoms with Crippen molar-refractivity contribution in [2.75, 3.05) is 0 Å². The number of esters is 1. The number of carbonyl (C=O) groups excluding carboxylic acids is 1. The third kappa shape index (κ3) is 4.94. The van der Waals surface area contributed by atoms with Crippen molar-refractivity contribution in [1.82, 2.24) is 0 Å². The van der Waals surface area contributed by atoms with Crippen molar-refractivity contribution in [1.29, 1.82) is 0 Å². The first-order valence-corrected chi connectivity index (χ1v) is 12.2. The van der Waals surface area contributed by atoms with Crippen molar-refractivity contribution in [3.05, 3.63) is 23.3 Å². The average Bonchev–Trinajstić information content (AvgIpc) is 2.77. The number of aliphatic hydroxyl groups excluding tert-OH is 3. The molecule has 3 N–H and O–H groups in total. The van der Waals surface area contributed by atoms with Gasteiger partial charge in [-0.1, -0.05) is 38.5 Å². The van der Waals surface area contributed by atoms with E-state index in [0.29, 0.717) is 24.3 Å². The van der Waals surface area contributed by atoms with E-state index in [0.717, 1.165) is 12.8 Å². The van der Waals surface area contributed by atoms with Gasteiger partial charge < -0.3 is 29.5 Å². The summed E-state index contributed by atoms with van der Waals surface area (Å²) in [5, 5.41) is 32.1. The molecule has 0 aromatic rings. The highest BCUT2D eigenvalue weighted by Gasteiger charge is 2.57. The lowest BCUT2D eigenvalue weighted by atomic mass is 9.54. The molecule has 1 heterocycles. The summed E-state index contributed by atoms with van der Waals surface area (Å²) >= 11 is 0. The summed E-state index contributed by atoms with van der Waals surface area (Å²) in [5.41, 5.74) is 0.723. The molecule has 33 heavy (non-hydrogen) atoms. The molecule has 7 nitrogen and oxygen atoms in total. The van der Waals surface area contributed by atoms with Crippen LogP contribution in [-0.2, 0) is 19.0 Å². The van der Waals surface area contributed by atoms with Gasteiger partial charge in [-0.15, -0.1) is 0 Å². The molecule has 0 spiro atoms. The van der Waals surface area contributed by atoms with Crippen LogP contribution in [-0.4, -0.2) is 63.7 Å². The Kier molecular flexibility index (Phi) is 7.81. The predicted octanol–water partition coefficient (Wildman–Crippen LogP) is 3.26. The third-order valence-corrected chi connectivity index (χ3v) is 8.36. The molecular formula is C26H42O7. The van der Waals surface area contributed by atoms with Crippen LogP contribution in [0.1, 0.15) is 74.1 Å². The number of hydrogen-bond acceptors (Lipinski definition) is 7. The van der Waals surface area contributed by atoms with Gasteiger partial charge in [-0.25, -0.2) is 4.79 Å². The van der Waals surface area contributed by atoms with E-state index in [-0.39, 0.29) is 11.3 Å². The van der Waals surface area contributed by atoms with Crippen molar-refractivity contribution < 1.29 is 34.3 Å². The Balaban J connectivity index is 1.91. The van der Waals surface area contributed by atoms with Crippen molar-refractivity contribution in [2.24, 2.45) is 17.3 Å². The molecular weight excluding hydrogens is 424 g/mol. The molecule has 1 aliphatic heterocycles. The topological polar surface area (TPSA) is 105 Å². The summed E-state index contributed by atoms with van der Waals surface area (Å²) in [6.45, 7) is 13.5. The highest BCUT2D eigenvalue weighted by molar-refractivity contribution is 5.87. The number of ether oxygens (including phenoxy) is 3. The van der Waals surface area contributed by atoms with Crippen LogP contribution >= 0.6 is 0 Å². The number of allylic oxidation sites excluding steroid dienone is 3. The van der Waals surface area contributed by atoms with Crippen LogP contribution in [0.25, 0.3) is 0 Å². The summed E-state index contributed by atoms with van der Waals surface area (Å²) in [5.74, 6) is -0.164. The molecule has 188 valence electrons. The molecule has 0 radical (unpaired) electrons. The van der Waals surface area contributed by atoms with Gasteiger partial charge in [0.15, 0.2) is 12.4 Å². The fourth-order valence-electron chi connectivity index (χ4n) is 5.69. The largest absolute Gasteiger partial charge is 0.451 e. The second-order valence-electron chi connectivity index (χ2n) is 10.9. The minimum absolute atomic E-state index is 0.0210. The van der Waals surface area contributed by atoms with Crippen LogP contribution in [0.2, 0.25) is 0 Å². The third-order valence-electron chi connectivity index (χ3n) is 8.36. The van der Waals surface area contributed by atoms with Gasteiger partial charge in [0.1, 0.15) is 12.2 Å². The number of hydrogen-bond donors (Lipinski definition) is 3. The van der Waals surface area contributed by atoms with Crippen molar-refractivity contribution in [3.8, 4) is 0 Å². The van der Waals surface area contributed by atoms with Crippen LogP contribution in [0.15, 0.2) is 23.3 Å². The summed E-state index contributed by atoms with van der Waals surface area (Å²) in [4.78, 5) is 12.5. The first-order valence-electron chi connectivity index (χ1n) is 12.2. The number of fused-ring (bicyclic) bond motifs is 1. The Morgan fingerprint density at radius 3 is 2.52 bits per heavy atom. The number of rotatable bonds is 5. The van der Waals surface area contributed by atoms with Gasteiger partial charge in [0.2, 0.25) is 0 Å². The lowest BCUT2D eigenvalue weighted by Crippen LogP contribution is -2.63. The zero-order chi connectivity index (χ0) is 24.7. The molecule has 9 atom stereocenters. The molecule has 2 aliphatic carbocycles. The Hall–Kier alpha value is -1.25. The molecule has 1 saturated heterocycles. The molecule has 0 bridgehead atoms. The van der Waals surface area contributed by atoms with Gasteiger partial charge in [0.05, 0.1) is 17.8 Å². The summed E-state index contributed by atoms with van der Waals surface area (Å²) in [6.07, 6.45) is 0.791. The number of carbonyl (C=O) groups is 1. The maximum atomic E-state index is 12.5. The Labute approximate surface area is 197 Å². The van der Waals surface area contributed by atoms with E-state index in [9.17, 15) is 20.1 Å². The van der Waals surface area contributed by atoms with Crippen molar-refractivity contribution >= 4 is 5.97 Å². The van der Waals surface area contributed by atoms with E-state index in [4.69, 9.17) is 14.2 Å². The van der Waals surface area contributed by atoms with Crippen LogP contribution in [0.4, 0.5) is 0 Å². The number of aliphatic hydroxyl groups is 3. The van der Waals surface area contributed by atoms with Gasteiger partial charge >= 0.3 is 5.97 Å². The molecule has 3 aliphatic rings. The van der Waals surface area contributed by atoms with Gasteiger partial charge in [-0.2, -0.15) is 0 Å². The maximum absolute atomic E-state index is 12.5. The lowest BCUT2D eigenvalue weighted by Gasteiger charge is -2.57. The Morgan fingerprint density at radius 1 is 1.24 bits per heavy atom. The van der Waals surface area contributed by atoms with Gasteiger partial charge in [0, 0.05) is 11.0 Å². The van der Waals surface area contributed by atoms with E-state index in [2.05, 4.69) is 26.8 Å². The van der Waals surface area contributed by atoms with Crippen LogP contribution in [0, 0.1) is 17.3 Å². The molecule has 3 rings (SSSR count). The minimum Gasteiger partial charge on any atom is -0.451 e. The molecule has 2 fully saturated rings. The van der Waals surface area contributed by atoms with Gasteiger partial charge in [-0.05, 0) is 65.2 Å². The second-order valence-corrected chi connectivity index (χ2v) is 10.9. The molecule has 0 unspecified atom stereocenters. The fraction of sp³-hybridized carbons (Fsp3) is 0.808. The van der Waals surface area contributed by atoms with E-state index >= 15 is 0 Å². The first kappa shape index (κ1) is 26.4. The van der Waals surface area contributed by atoms with Crippen LogP contribution in [0.3, 0.4) is 0 Å².